The summed E-state index contributed by atoms with van der Waals surface area (Å²) in [5.74, 6) is -1.03. The van der Waals surface area contributed by atoms with Crippen LogP contribution in [0.2, 0.25) is 0 Å². The van der Waals surface area contributed by atoms with Crippen molar-refractivity contribution in [1.82, 2.24) is 10.6 Å². The number of hydrogen-bond donors (Lipinski definition) is 2. The fourth-order valence-corrected chi connectivity index (χ4v) is 1.40. The number of rotatable bonds is 10. The molecule has 0 aromatic rings. The standard InChI is InChI=1S/C12H22N2O5/c1-4-6-13-11(16)9(18-3)10(19-8-15)12(17)14-7-5-2/h8-10H,4-7H2,1-3H3,(H,13,16)(H,14,17). The highest BCUT2D eigenvalue weighted by molar-refractivity contribution is 5.91. The van der Waals surface area contributed by atoms with Crippen LogP contribution in [0.25, 0.3) is 0 Å². The first-order valence-electron chi connectivity index (χ1n) is 6.29. The second kappa shape index (κ2) is 10.3. The molecule has 0 aromatic carbocycles. The summed E-state index contributed by atoms with van der Waals surface area (Å²) in [5, 5.41) is 5.15. The first kappa shape index (κ1) is 17.4. The maximum atomic E-state index is 11.8. The van der Waals surface area contributed by atoms with E-state index >= 15 is 0 Å². The van der Waals surface area contributed by atoms with Crippen LogP contribution in [0.1, 0.15) is 26.7 Å². The molecule has 2 amide bonds. The lowest BCUT2D eigenvalue weighted by atomic mass is 10.1. The first-order chi connectivity index (χ1) is 9.12. The molecule has 0 aliphatic heterocycles. The lowest BCUT2D eigenvalue weighted by Crippen LogP contribution is -2.51. The molecule has 0 heterocycles. The zero-order valence-electron chi connectivity index (χ0n) is 11.6. The molecular formula is C12H22N2O5. The molecule has 0 saturated carbocycles. The molecule has 7 nitrogen and oxygen atoms in total. The fourth-order valence-electron chi connectivity index (χ4n) is 1.40. The molecule has 0 aliphatic rings. The molecule has 2 atom stereocenters. The van der Waals surface area contributed by atoms with Crippen molar-refractivity contribution in [1.29, 1.82) is 0 Å². The van der Waals surface area contributed by atoms with Crippen LogP contribution >= 0.6 is 0 Å². The highest BCUT2D eigenvalue weighted by atomic mass is 16.6. The summed E-state index contributed by atoms with van der Waals surface area (Å²) < 4.78 is 9.64. The van der Waals surface area contributed by atoms with Gasteiger partial charge in [0, 0.05) is 20.2 Å². The monoisotopic (exact) mass is 274 g/mol. The van der Waals surface area contributed by atoms with E-state index in [1.807, 2.05) is 13.8 Å². The van der Waals surface area contributed by atoms with E-state index in [9.17, 15) is 14.4 Å². The van der Waals surface area contributed by atoms with Crippen LogP contribution in [-0.4, -0.2) is 50.7 Å². The van der Waals surface area contributed by atoms with Crippen LogP contribution in [0.5, 0.6) is 0 Å². The van der Waals surface area contributed by atoms with Crippen LogP contribution < -0.4 is 10.6 Å². The third-order valence-corrected chi connectivity index (χ3v) is 2.35. The van der Waals surface area contributed by atoms with Crippen molar-refractivity contribution in [2.24, 2.45) is 0 Å². The third kappa shape index (κ3) is 6.19. The minimum absolute atomic E-state index is 0.134. The highest BCUT2D eigenvalue weighted by Gasteiger charge is 2.35. The predicted octanol–water partition coefficient (Wildman–Crippen LogP) is -0.405. The fraction of sp³-hybridized carbons (Fsp3) is 0.750. The zero-order chi connectivity index (χ0) is 14.7. The number of amides is 2. The maximum Gasteiger partial charge on any atom is 0.293 e. The Labute approximate surface area is 113 Å². The molecule has 0 radical (unpaired) electrons. The van der Waals surface area contributed by atoms with Crippen molar-refractivity contribution in [3.63, 3.8) is 0 Å². The van der Waals surface area contributed by atoms with Crippen molar-refractivity contribution in [3.05, 3.63) is 0 Å². The molecule has 19 heavy (non-hydrogen) atoms. The van der Waals surface area contributed by atoms with Gasteiger partial charge in [0.2, 0.25) is 6.10 Å². The van der Waals surface area contributed by atoms with Gasteiger partial charge in [-0.2, -0.15) is 0 Å². The van der Waals surface area contributed by atoms with E-state index in [2.05, 4.69) is 15.4 Å². The summed E-state index contributed by atoms with van der Waals surface area (Å²) in [5.41, 5.74) is 0. The van der Waals surface area contributed by atoms with Crippen molar-refractivity contribution < 1.29 is 23.9 Å². The van der Waals surface area contributed by atoms with E-state index in [1.165, 1.54) is 7.11 Å². The first-order valence-corrected chi connectivity index (χ1v) is 6.29. The second-order valence-electron chi connectivity index (χ2n) is 3.89. The second-order valence-corrected chi connectivity index (χ2v) is 3.89. The van der Waals surface area contributed by atoms with Gasteiger partial charge in [-0.15, -0.1) is 0 Å². The summed E-state index contributed by atoms with van der Waals surface area (Å²) in [4.78, 5) is 34.1. The van der Waals surface area contributed by atoms with Gasteiger partial charge in [0.05, 0.1) is 0 Å². The number of ether oxygens (including phenoxy) is 2. The topological polar surface area (TPSA) is 93.7 Å². The number of hydrogen-bond acceptors (Lipinski definition) is 5. The Morgan fingerprint density at radius 1 is 1.05 bits per heavy atom. The Bertz CT molecular complexity index is 296. The van der Waals surface area contributed by atoms with Crippen LogP contribution in [0, 0.1) is 0 Å². The van der Waals surface area contributed by atoms with Gasteiger partial charge < -0.3 is 20.1 Å². The van der Waals surface area contributed by atoms with E-state index in [1.54, 1.807) is 0 Å². The van der Waals surface area contributed by atoms with Gasteiger partial charge in [-0.1, -0.05) is 13.8 Å². The third-order valence-electron chi connectivity index (χ3n) is 2.35. The Hall–Kier alpha value is -1.63. The summed E-state index contributed by atoms with van der Waals surface area (Å²) in [6.07, 6.45) is -0.956. The van der Waals surface area contributed by atoms with Gasteiger partial charge in [0.1, 0.15) is 0 Å². The van der Waals surface area contributed by atoms with Gasteiger partial charge in [-0.25, -0.2) is 0 Å². The van der Waals surface area contributed by atoms with E-state index in [0.717, 1.165) is 12.8 Å². The van der Waals surface area contributed by atoms with Gasteiger partial charge in [-0.05, 0) is 12.8 Å². The minimum Gasteiger partial charge on any atom is -0.451 e. The SMILES string of the molecule is CCCNC(=O)C(OC)C(OC=O)C(=O)NCCC. The molecule has 0 aliphatic carbocycles. The Morgan fingerprint density at radius 2 is 1.53 bits per heavy atom. The number of methoxy groups -OCH3 is 1. The Kier molecular flexibility index (Phi) is 9.42. The number of carbonyl (C=O) groups excluding carboxylic acids is 3. The molecule has 0 aromatic heterocycles. The lowest BCUT2D eigenvalue weighted by Gasteiger charge is -2.22. The van der Waals surface area contributed by atoms with Gasteiger partial charge in [0.15, 0.2) is 6.10 Å². The molecule has 0 spiro atoms. The summed E-state index contributed by atoms with van der Waals surface area (Å²) in [6, 6.07) is 0. The van der Waals surface area contributed by atoms with Crippen molar-refractivity contribution in [2.45, 2.75) is 38.9 Å². The van der Waals surface area contributed by atoms with Crippen molar-refractivity contribution in [2.75, 3.05) is 20.2 Å². The molecule has 7 heteroatoms. The molecular weight excluding hydrogens is 252 g/mol. The molecule has 0 bridgehead atoms. The zero-order valence-corrected chi connectivity index (χ0v) is 11.6. The van der Waals surface area contributed by atoms with Gasteiger partial charge >= 0.3 is 0 Å². The normalized spacial score (nSPS) is 13.2. The minimum atomic E-state index is -1.29. The summed E-state index contributed by atoms with van der Waals surface area (Å²) >= 11 is 0. The van der Waals surface area contributed by atoms with Crippen LogP contribution in [0.3, 0.4) is 0 Å². The largest absolute Gasteiger partial charge is 0.451 e. The summed E-state index contributed by atoms with van der Waals surface area (Å²) in [6.45, 7) is 4.82. The van der Waals surface area contributed by atoms with E-state index in [0.29, 0.717) is 13.1 Å². The average Bonchev–Trinajstić information content (AvgIpc) is 2.42. The lowest BCUT2D eigenvalue weighted by molar-refractivity contribution is -0.159. The number of nitrogens with one attached hydrogen (secondary N) is 2. The summed E-state index contributed by atoms with van der Waals surface area (Å²) in [7, 11) is 1.28. The van der Waals surface area contributed by atoms with Gasteiger partial charge in [-0.3, -0.25) is 14.4 Å². The van der Waals surface area contributed by atoms with Gasteiger partial charge in [0.25, 0.3) is 18.3 Å². The van der Waals surface area contributed by atoms with Crippen LogP contribution in [0.4, 0.5) is 0 Å². The van der Waals surface area contributed by atoms with Crippen LogP contribution in [-0.2, 0) is 23.9 Å². The molecule has 0 saturated heterocycles. The van der Waals surface area contributed by atoms with Crippen molar-refractivity contribution in [3.8, 4) is 0 Å². The smallest absolute Gasteiger partial charge is 0.293 e. The quantitative estimate of drug-likeness (QED) is 0.528. The van der Waals surface area contributed by atoms with Crippen molar-refractivity contribution >= 4 is 18.3 Å². The predicted molar refractivity (Wildman–Crippen MR) is 68.3 cm³/mol. The molecule has 2 unspecified atom stereocenters. The molecule has 0 fully saturated rings. The van der Waals surface area contributed by atoms with E-state index in [4.69, 9.17) is 4.74 Å². The average molecular weight is 274 g/mol. The Balaban J connectivity index is 4.73. The van der Waals surface area contributed by atoms with Crippen LogP contribution in [0.15, 0.2) is 0 Å². The maximum absolute atomic E-state index is 11.8. The molecule has 2 N–H and O–H groups in total. The molecule has 0 rings (SSSR count). The molecule has 110 valence electrons. The highest BCUT2D eigenvalue weighted by Crippen LogP contribution is 2.04. The Morgan fingerprint density at radius 3 is 1.89 bits per heavy atom. The van der Waals surface area contributed by atoms with E-state index in [-0.39, 0.29) is 6.47 Å². The van der Waals surface area contributed by atoms with E-state index < -0.39 is 24.0 Å². The number of carbonyl (C=O) groups is 3.